The van der Waals surface area contributed by atoms with Crippen LogP contribution in [0.15, 0.2) is 57.9 Å². The Morgan fingerprint density at radius 3 is 2.74 bits per heavy atom. The summed E-state index contributed by atoms with van der Waals surface area (Å²) in [6, 6.07) is 13.7. The minimum absolute atomic E-state index is 0.0577. The fourth-order valence-electron chi connectivity index (χ4n) is 3.06. The Morgan fingerprint density at radius 2 is 2.00 bits per heavy atom. The minimum Gasteiger partial charge on any atom is -0.392 e. The summed E-state index contributed by atoms with van der Waals surface area (Å²) in [4.78, 5) is 12.9. The highest BCUT2D eigenvalue weighted by Crippen LogP contribution is 2.40. The van der Waals surface area contributed by atoms with E-state index in [0.717, 1.165) is 9.86 Å². The van der Waals surface area contributed by atoms with Crippen molar-refractivity contribution in [2.75, 3.05) is 0 Å². The molecule has 0 bridgehead atoms. The lowest BCUT2D eigenvalue weighted by molar-refractivity contribution is 0.280. The number of benzene rings is 2. The molecule has 2 aromatic carbocycles. The van der Waals surface area contributed by atoms with Crippen LogP contribution in [0.3, 0.4) is 0 Å². The summed E-state index contributed by atoms with van der Waals surface area (Å²) in [7, 11) is 0. The van der Waals surface area contributed by atoms with Gasteiger partial charge >= 0.3 is 0 Å². The third kappa shape index (κ3) is 2.52. The largest absolute Gasteiger partial charge is 0.392 e. The van der Waals surface area contributed by atoms with Crippen LogP contribution in [0.4, 0.5) is 0 Å². The molecule has 23 heavy (non-hydrogen) atoms. The first-order valence-corrected chi connectivity index (χ1v) is 8.52. The van der Waals surface area contributed by atoms with Crippen LogP contribution in [-0.4, -0.2) is 9.67 Å². The summed E-state index contributed by atoms with van der Waals surface area (Å²) in [5.74, 6) is 0.674. The van der Waals surface area contributed by atoms with Gasteiger partial charge in [0.05, 0.1) is 12.3 Å². The molecule has 1 aliphatic carbocycles. The molecule has 1 N–H and O–H groups in total. The van der Waals surface area contributed by atoms with Crippen LogP contribution in [0.25, 0.3) is 16.5 Å². The maximum atomic E-state index is 12.9. The second-order valence-electron chi connectivity index (χ2n) is 6.01. The highest BCUT2D eigenvalue weighted by atomic mass is 79.9. The second kappa shape index (κ2) is 5.62. The quantitative estimate of drug-likeness (QED) is 0.754. The Hall–Kier alpha value is -1.91. The van der Waals surface area contributed by atoms with E-state index < -0.39 is 0 Å². The molecule has 0 radical (unpaired) electrons. The fraction of sp³-hybridized carbons (Fsp3) is 0.211. The van der Waals surface area contributed by atoms with E-state index >= 15 is 0 Å². The second-order valence-corrected chi connectivity index (χ2v) is 6.86. The van der Waals surface area contributed by atoms with Crippen molar-refractivity contribution in [2.45, 2.75) is 25.4 Å². The average molecular weight is 370 g/mol. The van der Waals surface area contributed by atoms with Crippen molar-refractivity contribution >= 4 is 26.7 Å². The molecule has 4 rings (SSSR count). The van der Waals surface area contributed by atoms with E-state index in [1.807, 2.05) is 30.3 Å². The highest BCUT2D eigenvalue weighted by molar-refractivity contribution is 9.10. The number of aliphatic hydroxyl groups excluding tert-OH is 1. The number of halogens is 1. The van der Waals surface area contributed by atoms with Crippen molar-refractivity contribution in [3.05, 3.63) is 74.6 Å². The van der Waals surface area contributed by atoms with Crippen LogP contribution >= 0.6 is 15.9 Å². The molecule has 0 amide bonds. The van der Waals surface area contributed by atoms with Gasteiger partial charge in [0.25, 0.3) is 5.56 Å². The minimum atomic E-state index is -0.123. The number of fused-ring (bicyclic) bond motifs is 1. The molecule has 3 nitrogen and oxygen atoms in total. The molecule has 1 fully saturated rings. The molecule has 0 saturated heterocycles. The smallest absolute Gasteiger partial charge is 0.262 e. The van der Waals surface area contributed by atoms with Crippen LogP contribution in [0.1, 0.15) is 29.9 Å². The molecule has 1 aliphatic rings. The fourth-order valence-corrected chi connectivity index (χ4v) is 3.54. The molecule has 116 valence electrons. The summed E-state index contributed by atoms with van der Waals surface area (Å²) in [6.45, 7) is -0.123. The summed E-state index contributed by atoms with van der Waals surface area (Å²) in [5.41, 5.74) is 2.69. The maximum absolute atomic E-state index is 12.9. The summed E-state index contributed by atoms with van der Waals surface area (Å²) < 4.78 is 2.41. The zero-order chi connectivity index (χ0) is 16.0. The number of aromatic nitrogens is 1. The van der Waals surface area contributed by atoms with Crippen LogP contribution in [-0.2, 0) is 6.61 Å². The maximum Gasteiger partial charge on any atom is 0.262 e. The lowest BCUT2D eigenvalue weighted by Crippen LogP contribution is -2.19. The first-order chi connectivity index (χ1) is 11.2. The van der Waals surface area contributed by atoms with Gasteiger partial charge in [0.15, 0.2) is 0 Å². The summed E-state index contributed by atoms with van der Waals surface area (Å²) >= 11 is 3.44. The average Bonchev–Trinajstić information content (AvgIpc) is 3.40. The predicted octanol–water partition coefficient (Wildman–Crippen LogP) is 4.12. The van der Waals surface area contributed by atoms with Gasteiger partial charge in [-0.3, -0.25) is 9.36 Å². The van der Waals surface area contributed by atoms with Gasteiger partial charge in [-0.1, -0.05) is 34.1 Å². The van der Waals surface area contributed by atoms with Crippen LogP contribution in [0, 0.1) is 0 Å². The van der Waals surface area contributed by atoms with Gasteiger partial charge in [0, 0.05) is 21.6 Å². The Labute approximate surface area is 142 Å². The number of aliphatic hydroxyl groups is 1. The highest BCUT2D eigenvalue weighted by Gasteiger charge is 2.23. The van der Waals surface area contributed by atoms with Crippen molar-refractivity contribution in [2.24, 2.45) is 0 Å². The van der Waals surface area contributed by atoms with Gasteiger partial charge in [-0.2, -0.15) is 0 Å². The van der Waals surface area contributed by atoms with Crippen molar-refractivity contribution < 1.29 is 5.11 Å². The Morgan fingerprint density at radius 1 is 1.17 bits per heavy atom. The van der Waals surface area contributed by atoms with Crippen LogP contribution < -0.4 is 5.56 Å². The van der Waals surface area contributed by atoms with Gasteiger partial charge in [0.2, 0.25) is 0 Å². The zero-order valence-electron chi connectivity index (χ0n) is 12.5. The van der Waals surface area contributed by atoms with E-state index in [-0.39, 0.29) is 12.2 Å². The van der Waals surface area contributed by atoms with Gasteiger partial charge in [0.1, 0.15) is 0 Å². The molecule has 0 aliphatic heterocycles. The number of hydrogen-bond acceptors (Lipinski definition) is 2. The predicted molar refractivity (Wildman–Crippen MR) is 95.1 cm³/mol. The molecule has 0 spiro atoms. The number of rotatable bonds is 3. The van der Waals surface area contributed by atoms with E-state index in [1.54, 1.807) is 10.8 Å². The van der Waals surface area contributed by atoms with Crippen molar-refractivity contribution in [3.63, 3.8) is 0 Å². The van der Waals surface area contributed by atoms with E-state index in [9.17, 15) is 9.90 Å². The Kier molecular flexibility index (Phi) is 3.58. The SMILES string of the molecule is O=c1c2ccc(C3CC3)cc2ccn1-c1cccc(Br)c1CO. The Bertz CT molecular complexity index is 957. The molecule has 3 aromatic rings. The number of pyridine rings is 1. The molecule has 1 aromatic heterocycles. The molecule has 4 heteroatoms. The van der Waals surface area contributed by atoms with Crippen molar-refractivity contribution in [1.29, 1.82) is 0 Å². The molecule has 0 atom stereocenters. The lowest BCUT2D eigenvalue weighted by Gasteiger charge is -2.13. The first-order valence-electron chi connectivity index (χ1n) is 7.73. The summed E-state index contributed by atoms with van der Waals surface area (Å²) in [6.07, 6.45) is 4.29. The normalized spacial score (nSPS) is 14.3. The standard InChI is InChI=1S/C19H16BrNO2/c20-17-2-1-3-18(16(17)11-22)21-9-8-14-10-13(12-4-5-12)6-7-15(14)19(21)23/h1-3,6-10,12,22H,4-5,11H2. The molecular weight excluding hydrogens is 354 g/mol. The van der Waals surface area contributed by atoms with Gasteiger partial charge in [-0.15, -0.1) is 0 Å². The molecular formula is C19H16BrNO2. The molecule has 1 heterocycles. The van der Waals surface area contributed by atoms with Crippen LogP contribution in [0.2, 0.25) is 0 Å². The third-order valence-corrected chi connectivity index (χ3v) is 5.23. The van der Waals surface area contributed by atoms with E-state index in [2.05, 4.69) is 28.1 Å². The van der Waals surface area contributed by atoms with Gasteiger partial charge < -0.3 is 5.11 Å². The Balaban J connectivity index is 1.92. The van der Waals surface area contributed by atoms with E-state index in [4.69, 9.17) is 0 Å². The first kappa shape index (κ1) is 14.7. The van der Waals surface area contributed by atoms with Crippen molar-refractivity contribution in [3.8, 4) is 5.69 Å². The lowest BCUT2D eigenvalue weighted by atomic mass is 10.1. The van der Waals surface area contributed by atoms with Gasteiger partial charge in [-0.25, -0.2) is 0 Å². The van der Waals surface area contributed by atoms with E-state index in [0.29, 0.717) is 22.6 Å². The molecule has 1 saturated carbocycles. The van der Waals surface area contributed by atoms with Gasteiger partial charge in [-0.05, 0) is 54.0 Å². The summed E-state index contributed by atoms with van der Waals surface area (Å²) in [5, 5.41) is 11.3. The third-order valence-electron chi connectivity index (χ3n) is 4.49. The zero-order valence-corrected chi connectivity index (χ0v) is 14.1. The number of nitrogens with zero attached hydrogens (tertiary/aromatic N) is 1. The topological polar surface area (TPSA) is 42.2 Å². The molecule has 0 unspecified atom stereocenters. The number of hydrogen-bond donors (Lipinski definition) is 1. The monoisotopic (exact) mass is 369 g/mol. The van der Waals surface area contributed by atoms with Crippen LogP contribution in [0.5, 0.6) is 0 Å². The van der Waals surface area contributed by atoms with Crippen molar-refractivity contribution in [1.82, 2.24) is 4.57 Å². The van der Waals surface area contributed by atoms with E-state index in [1.165, 1.54) is 18.4 Å².